The first-order chi connectivity index (χ1) is 15.2. The molecule has 0 radical (unpaired) electrons. The van der Waals surface area contributed by atoms with Gasteiger partial charge in [0.05, 0.1) is 24.0 Å². The topological polar surface area (TPSA) is 85.4 Å². The highest BCUT2D eigenvalue weighted by molar-refractivity contribution is 7.14. The van der Waals surface area contributed by atoms with E-state index in [-0.39, 0.29) is 19.1 Å². The van der Waals surface area contributed by atoms with Crippen LogP contribution in [0.3, 0.4) is 0 Å². The summed E-state index contributed by atoms with van der Waals surface area (Å²) in [6.45, 7) is 0.220. The van der Waals surface area contributed by atoms with E-state index in [1.165, 1.54) is 11.3 Å². The number of rotatable bonds is 6. The van der Waals surface area contributed by atoms with Gasteiger partial charge in [-0.25, -0.2) is 4.98 Å². The molecule has 0 saturated heterocycles. The predicted molar refractivity (Wildman–Crippen MR) is 120 cm³/mol. The van der Waals surface area contributed by atoms with Gasteiger partial charge in [0.15, 0.2) is 16.6 Å². The van der Waals surface area contributed by atoms with Crippen molar-refractivity contribution in [3.8, 4) is 22.8 Å². The van der Waals surface area contributed by atoms with Gasteiger partial charge < -0.3 is 20.1 Å². The minimum atomic E-state index is -0.0942. The number of hydrogen-bond donors (Lipinski definition) is 2. The lowest BCUT2D eigenvalue weighted by atomic mass is 10.1. The lowest BCUT2D eigenvalue weighted by Gasteiger charge is -2.07. The quantitative estimate of drug-likeness (QED) is 0.454. The number of pyridine rings is 1. The first-order valence-corrected chi connectivity index (χ1v) is 10.5. The smallest absolute Gasteiger partial charge is 0.231 e. The largest absolute Gasteiger partial charge is 0.454 e. The molecule has 1 aliphatic heterocycles. The zero-order valence-corrected chi connectivity index (χ0v) is 17.2. The van der Waals surface area contributed by atoms with E-state index in [0.717, 1.165) is 33.3 Å². The van der Waals surface area contributed by atoms with E-state index in [0.29, 0.717) is 11.5 Å². The van der Waals surface area contributed by atoms with Crippen molar-refractivity contribution in [2.75, 3.05) is 17.4 Å². The Morgan fingerprint density at radius 3 is 2.74 bits per heavy atom. The summed E-state index contributed by atoms with van der Waals surface area (Å²) in [4.78, 5) is 21.1. The molecular formula is C23H18N4O3S. The Labute approximate surface area is 182 Å². The highest BCUT2D eigenvalue weighted by atomic mass is 32.1. The lowest BCUT2D eigenvalue weighted by Crippen LogP contribution is -2.14. The zero-order chi connectivity index (χ0) is 21.0. The molecule has 0 spiro atoms. The number of amides is 1. The van der Waals surface area contributed by atoms with Crippen molar-refractivity contribution in [2.24, 2.45) is 0 Å². The van der Waals surface area contributed by atoms with Crippen LogP contribution in [-0.4, -0.2) is 22.7 Å². The van der Waals surface area contributed by atoms with Crippen LogP contribution in [0.5, 0.6) is 11.5 Å². The van der Waals surface area contributed by atoms with Crippen LogP contribution in [0.15, 0.2) is 72.4 Å². The number of ether oxygens (including phenoxy) is 2. The molecular weight excluding hydrogens is 412 g/mol. The number of anilines is 3. The van der Waals surface area contributed by atoms with Crippen molar-refractivity contribution in [2.45, 2.75) is 6.42 Å². The second-order valence-corrected chi connectivity index (χ2v) is 7.75. The summed E-state index contributed by atoms with van der Waals surface area (Å²) in [7, 11) is 0. The summed E-state index contributed by atoms with van der Waals surface area (Å²) in [5.74, 6) is 1.29. The molecule has 5 rings (SSSR count). The van der Waals surface area contributed by atoms with Crippen molar-refractivity contribution < 1.29 is 14.3 Å². The molecule has 31 heavy (non-hydrogen) atoms. The Balaban J connectivity index is 1.20. The molecule has 7 nitrogen and oxygen atoms in total. The van der Waals surface area contributed by atoms with Crippen LogP contribution in [0, 0.1) is 0 Å². The summed E-state index contributed by atoms with van der Waals surface area (Å²) >= 11 is 1.52. The summed E-state index contributed by atoms with van der Waals surface area (Å²) in [5.41, 5.74) is 4.34. The van der Waals surface area contributed by atoms with E-state index in [4.69, 9.17) is 9.47 Å². The number of carbonyl (C=O) groups excluding carboxylic acids is 1. The summed E-state index contributed by atoms with van der Waals surface area (Å²) < 4.78 is 10.7. The number of carbonyl (C=O) groups is 1. The fourth-order valence-corrected chi connectivity index (χ4v) is 3.93. The van der Waals surface area contributed by atoms with Gasteiger partial charge in [-0.05, 0) is 42.0 Å². The van der Waals surface area contributed by atoms with Crippen LogP contribution in [0.4, 0.5) is 16.5 Å². The Bertz CT molecular complexity index is 1210. The molecule has 2 aromatic heterocycles. The van der Waals surface area contributed by atoms with E-state index in [1.807, 2.05) is 60.0 Å². The first-order valence-electron chi connectivity index (χ1n) is 9.64. The Morgan fingerprint density at radius 1 is 1.03 bits per heavy atom. The molecule has 154 valence electrons. The molecule has 0 bridgehead atoms. The van der Waals surface area contributed by atoms with Gasteiger partial charge in [0.2, 0.25) is 12.7 Å². The third kappa shape index (κ3) is 4.49. The van der Waals surface area contributed by atoms with Gasteiger partial charge in [0.1, 0.15) is 0 Å². The van der Waals surface area contributed by atoms with Crippen molar-refractivity contribution in [3.05, 3.63) is 77.9 Å². The maximum absolute atomic E-state index is 12.4. The minimum Gasteiger partial charge on any atom is -0.454 e. The fourth-order valence-electron chi connectivity index (χ4n) is 3.19. The van der Waals surface area contributed by atoms with Gasteiger partial charge in [-0.2, -0.15) is 0 Å². The van der Waals surface area contributed by atoms with Gasteiger partial charge in [-0.1, -0.05) is 18.2 Å². The van der Waals surface area contributed by atoms with E-state index >= 15 is 0 Å². The number of nitrogens with zero attached hydrogens (tertiary/aromatic N) is 2. The molecule has 1 aliphatic rings. The average Bonchev–Trinajstić information content (AvgIpc) is 3.44. The van der Waals surface area contributed by atoms with E-state index in [9.17, 15) is 4.79 Å². The normalized spacial score (nSPS) is 11.9. The Hall–Kier alpha value is -3.91. The van der Waals surface area contributed by atoms with E-state index in [2.05, 4.69) is 20.6 Å². The van der Waals surface area contributed by atoms with Crippen LogP contribution < -0.4 is 20.1 Å². The third-order valence-corrected chi connectivity index (χ3v) is 5.44. The number of thiazole rings is 1. The van der Waals surface area contributed by atoms with Crippen LogP contribution >= 0.6 is 11.3 Å². The van der Waals surface area contributed by atoms with Gasteiger partial charge in [0.25, 0.3) is 0 Å². The second-order valence-electron chi connectivity index (χ2n) is 6.89. The van der Waals surface area contributed by atoms with Crippen LogP contribution in [0.2, 0.25) is 0 Å². The highest BCUT2D eigenvalue weighted by Crippen LogP contribution is 2.32. The summed E-state index contributed by atoms with van der Waals surface area (Å²) in [5, 5.41) is 8.96. The predicted octanol–water partition coefficient (Wildman–Crippen LogP) is 4.86. The number of nitrogens with one attached hydrogen (secondary N) is 2. The maximum Gasteiger partial charge on any atom is 0.231 e. The molecule has 3 heterocycles. The molecule has 2 N–H and O–H groups in total. The average molecular weight is 430 g/mol. The monoisotopic (exact) mass is 430 g/mol. The summed E-state index contributed by atoms with van der Waals surface area (Å²) in [6.07, 6.45) is 3.74. The molecule has 0 fully saturated rings. The molecule has 0 unspecified atom stereocenters. The number of aromatic nitrogens is 2. The van der Waals surface area contributed by atoms with Gasteiger partial charge >= 0.3 is 0 Å². The molecule has 4 aromatic rings. The molecule has 2 aromatic carbocycles. The number of fused-ring (bicyclic) bond motifs is 1. The highest BCUT2D eigenvalue weighted by Gasteiger charge is 2.14. The Kier molecular flexibility index (Phi) is 5.20. The molecule has 1 amide bonds. The van der Waals surface area contributed by atoms with Crippen molar-refractivity contribution in [1.82, 2.24) is 9.97 Å². The van der Waals surface area contributed by atoms with Crippen LogP contribution in [0.25, 0.3) is 11.3 Å². The molecule has 0 aliphatic carbocycles. The fraction of sp³-hybridized carbons (Fsp3) is 0.0870. The lowest BCUT2D eigenvalue weighted by molar-refractivity contribution is -0.115. The molecule has 8 heteroatoms. The van der Waals surface area contributed by atoms with E-state index in [1.54, 1.807) is 12.4 Å². The van der Waals surface area contributed by atoms with Crippen molar-refractivity contribution >= 4 is 33.8 Å². The number of benzene rings is 2. The van der Waals surface area contributed by atoms with Crippen LogP contribution in [0.1, 0.15) is 5.56 Å². The van der Waals surface area contributed by atoms with Crippen LogP contribution in [-0.2, 0) is 11.2 Å². The van der Waals surface area contributed by atoms with Gasteiger partial charge in [-0.15, -0.1) is 11.3 Å². The molecule has 0 atom stereocenters. The third-order valence-electron chi connectivity index (χ3n) is 4.68. The van der Waals surface area contributed by atoms with E-state index < -0.39 is 0 Å². The van der Waals surface area contributed by atoms with Crippen molar-refractivity contribution in [3.63, 3.8) is 0 Å². The first kappa shape index (κ1) is 19.1. The Morgan fingerprint density at radius 2 is 1.90 bits per heavy atom. The SMILES string of the molecule is O=C(Cc1ccc2c(c1)OCO2)Nc1ccc(-c2csc(Nc3cccnc3)n2)cc1. The standard InChI is InChI=1S/C23H18N4O3S/c28-22(11-15-3-8-20-21(10-15)30-14-29-20)25-17-6-4-16(5-7-17)19-13-31-23(27-19)26-18-2-1-9-24-12-18/h1-10,12-13H,11,14H2,(H,25,28)(H,26,27). The maximum atomic E-state index is 12.4. The van der Waals surface area contributed by atoms with Gasteiger partial charge in [0, 0.05) is 22.8 Å². The molecule has 0 saturated carbocycles. The minimum absolute atomic E-state index is 0.0942. The van der Waals surface area contributed by atoms with Gasteiger partial charge in [-0.3, -0.25) is 9.78 Å². The summed E-state index contributed by atoms with van der Waals surface area (Å²) in [6, 6.07) is 17.0. The zero-order valence-electron chi connectivity index (χ0n) is 16.4. The number of hydrogen-bond acceptors (Lipinski definition) is 7. The van der Waals surface area contributed by atoms with Crippen molar-refractivity contribution in [1.29, 1.82) is 0 Å². The second kappa shape index (κ2) is 8.45.